The van der Waals surface area contributed by atoms with E-state index in [2.05, 4.69) is 6.92 Å². The second kappa shape index (κ2) is 7.59. The van der Waals surface area contributed by atoms with Crippen LogP contribution in [0.2, 0.25) is 0 Å². The number of sulfonamides is 1. The third-order valence-corrected chi connectivity index (χ3v) is 6.69. The fourth-order valence-electron chi connectivity index (χ4n) is 2.44. The average molecular weight is 355 g/mol. The molecule has 0 aliphatic carbocycles. The molecule has 126 valence electrons. The molecule has 2 rings (SSSR count). The number of benzene rings is 1. The minimum Gasteiger partial charge on any atom is -0.293 e. The summed E-state index contributed by atoms with van der Waals surface area (Å²) in [5.41, 5.74) is 0.421. The summed E-state index contributed by atoms with van der Waals surface area (Å²) in [6.45, 7) is 4.62. The number of piperidine rings is 1. The predicted molar refractivity (Wildman–Crippen MR) is 91.1 cm³/mol. The van der Waals surface area contributed by atoms with E-state index in [-0.39, 0.29) is 21.5 Å². The Balaban J connectivity index is 2.09. The predicted octanol–water partition coefficient (Wildman–Crippen LogP) is 2.57. The molecule has 0 aromatic heterocycles. The molecule has 1 heterocycles. The lowest BCUT2D eigenvalue weighted by atomic mass is 10.0. The Morgan fingerprint density at radius 3 is 2.26 bits per heavy atom. The molecule has 0 spiro atoms. The van der Waals surface area contributed by atoms with E-state index >= 15 is 0 Å². The molecule has 0 unspecified atom stereocenters. The highest BCUT2D eigenvalue weighted by Gasteiger charge is 2.28. The van der Waals surface area contributed by atoms with E-state index < -0.39 is 10.0 Å². The fraction of sp³-hybridized carbons (Fsp3) is 0.500. The molecule has 0 atom stereocenters. The Kier molecular flexibility index (Phi) is 6.00. The summed E-state index contributed by atoms with van der Waals surface area (Å²) in [7, 11) is -3.49. The first-order chi connectivity index (χ1) is 10.8. The van der Waals surface area contributed by atoms with Crippen molar-refractivity contribution in [1.82, 2.24) is 4.31 Å². The van der Waals surface area contributed by atoms with Crippen molar-refractivity contribution >= 4 is 32.7 Å². The van der Waals surface area contributed by atoms with Crippen LogP contribution in [0.3, 0.4) is 0 Å². The van der Waals surface area contributed by atoms with Crippen molar-refractivity contribution in [3.05, 3.63) is 29.8 Å². The summed E-state index contributed by atoms with van der Waals surface area (Å²) in [5, 5.41) is -0.114. The van der Waals surface area contributed by atoms with E-state index in [4.69, 9.17) is 0 Å². The molecule has 1 fully saturated rings. The van der Waals surface area contributed by atoms with Crippen molar-refractivity contribution in [3.8, 4) is 0 Å². The number of carbonyl (C=O) groups excluding carboxylic acids is 2. The number of Topliss-reactive ketones (excluding diaryl/α,β-unsaturated/α-hetero) is 1. The number of nitrogens with zero attached hydrogens (tertiary/aromatic N) is 1. The van der Waals surface area contributed by atoms with Crippen LogP contribution in [-0.2, 0) is 14.8 Å². The topological polar surface area (TPSA) is 71.5 Å². The van der Waals surface area contributed by atoms with Crippen LogP contribution >= 0.6 is 11.8 Å². The maximum Gasteiger partial charge on any atom is 0.243 e. The van der Waals surface area contributed by atoms with Crippen LogP contribution < -0.4 is 0 Å². The molecule has 1 aliphatic heterocycles. The molecule has 7 heteroatoms. The maximum atomic E-state index is 12.6. The summed E-state index contributed by atoms with van der Waals surface area (Å²) in [5.74, 6) is 0.451. The molecule has 5 nitrogen and oxygen atoms in total. The lowest BCUT2D eigenvalue weighted by molar-refractivity contribution is -0.109. The number of hydrogen-bond donors (Lipinski definition) is 0. The number of ketones is 1. The largest absolute Gasteiger partial charge is 0.293 e. The maximum absolute atomic E-state index is 12.6. The molecule has 1 aliphatic rings. The lowest BCUT2D eigenvalue weighted by Gasteiger charge is -2.29. The van der Waals surface area contributed by atoms with Crippen molar-refractivity contribution in [2.45, 2.75) is 31.6 Å². The quantitative estimate of drug-likeness (QED) is 0.759. The van der Waals surface area contributed by atoms with Gasteiger partial charge in [0.25, 0.3) is 0 Å². The molecule has 23 heavy (non-hydrogen) atoms. The Bertz CT molecular complexity index is 675. The minimum atomic E-state index is -3.49. The molecule has 0 radical (unpaired) electrons. The monoisotopic (exact) mass is 355 g/mol. The second-order valence-corrected chi connectivity index (χ2v) is 8.90. The van der Waals surface area contributed by atoms with Gasteiger partial charge in [-0.05, 0) is 30.9 Å². The van der Waals surface area contributed by atoms with Crippen LogP contribution in [0, 0.1) is 5.92 Å². The van der Waals surface area contributed by atoms with E-state index in [1.165, 1.54) is 35.5 Å². The van der Waals surface area contributed by atoms with E-state index in [1.807, 2.05) is 0 Å². The van der Waals surface area contributed by atoms with Crippen molar-refractivity contribution in [3.63, 3.8) is 0 Å². The van der Waals surface area contributed by atoms with E-state index in [0.717, 1.165) is 24.6 Å². The summed E-state index contributed by atoms with van der Waals surface area (Å²) < 4.78 is 26.7. The number of thioether (sulfide) groups is 1. The zero-order valence-corrected chi connectivity index (χ0v) is 15.0. The summed E-state index contributed by atoms with van der Waals surface area (Å²) in [6.07, 6.45) is 1.75. The second-order valence-electron chi connectivity index (χ2n) is 5.81. The van der Waals surface area contributed by atoms with Crippen LogP contribution in [0.5, 0.6) is 0 Å². The van der Waals surface area contributed by atoms with Gasteiger partial charge in [-0.3, -0.25) is 9.59 Å². The molecule has 0 N–H and O–H groups in total. The van der Waals surface area contributed by atoms with Crippen molar-refractivity contribution in [2.24, 2.45) is 5.92 Å². The smallest absolute Gasteiger partial charge is 0.243 e. The first-order valence-electron chi connectivity index (χ1n) is 7.57. The van der Waals surface area contributed by atoms with Gasteiger partial charge in [-0.1, -0.05) is 30.8 Å². The van der Waals surface area contributed by atoms with Gasteiger partial charge >= 0.3 is 0 Å². The summed E-state index contributed by atoms with van der Waals surface area (Å²) >= 11 is 0.952. The third-order valence-electron chi connectivity index (χ3n) is 3.96. The van der Waals surface area contributed by atoms with Crippen LogP contribution in [-0.4, -0.2) is 42.5 Å². The standard InChI is InChI=1S/C16H21NO4S2/c1-12-7-9-17(10-8-12)23(20,21)15-5-3-14(4-6-15)16(19)11-22-13(2)18/h3-6,12H,7-11H2,1-2H3. The van der Waals surface area contributed by atoms with Gasteiger partial charge in [-0.15, -0.1) is 0 Å². The third kappa shape index (κ3) is 4.65. The first kappa shape index (κ1) is 18.2. The zero-order valence-electron chi connectivity index (χ0n) is 13.3. The van der Waals surface area contributed by atoms with Crippen LogP contribution in [0.15, 0.2) is 29.2 Å². The lowest BCUT2D eigenvalue weighted by Crippen LogP contribution is -2.37. The number of carbonyl (C=O) groups is 2. The van der Waals surface area contributed by atoms with Gasteiger partial charge in [0.1, 0.15) is 0 Å². The van der Waals surface area contributed by atoms with Gasteiger partial charge in [0.05, 0.1) is 10.6 Å². The SMILES string of the molecule is CC(=O)SCC(=O)c1ccc(S(=O)(=O)N2CCC(C)CC2)cc1. The van der Waals surface area contributed by atoms with Crippen molar-refractivity contribution in [1.29, 1.82) is 0 Å². The number of rotatable bonds is 5. The van der Waals surface area contributed by atoms with Gasteiger partial charge in [0.15, 0.2) is 10.9 Å². The van der Waals surface area contributed by atoms with E-state index in [1.54, 1.807) is 0 Å². The summed E-state index contributed by atoms with van der Waals surface area (Å²) in [4.78, 5) is 23.0. The van der Waals surface area contributed by atoms with Crippen molar-refractivity contribution in [2.75, 3.05) is 18.8 Å². The van der Waals surface area contributed by atoms with Crippen LogP contribution in [0.25, 0.3) is 0 Å². The molecular formula is C16H21NO4S2. The molecule has 0 amide bonds. The Morgan fingerprint density at radius 1 is 1.17 bits per heavy atom. The highest BCUT2D eigenvalue weighted by Crippen LogP contribution is 2.23. The Hall–Kier alpha value is -1.18. The molecule has 1 aromatic carbocycles. The van der Waals surface area contributed by atoms with Crippen LogP contribution in [0.4, 0.5) is 0 Å². The molecule has 0 saturated carbocycles. The van der Waals surface area contributed by atoms with Gasteiger partial charge < -0.3 is 0 Å². The fourth-order valence-corrected chi connectivity index (χ4v) is 4.41. The van der Waals surface area contributed by atoms with E-state index in [0.29, 0.717) is 24.6 Å². The Labute approximate surface area is 141 Å². The number of hydrogen-bond acceptors (Lipinski definition) is 5. The molecule has 1 aromatic rings. The highest BCUT2D eigenvalue weighted by atomic mass is 32.2. The zero-order chi connectivity index (χ0) is 17.0. The molecule has 0 bridgehead atoms. The first-order valence-corrected chi connectivity index (χ1v) is 10.00. The average Bonchev–Trinajstić information content (AvgIpc) is 2.53. The normalized spacial score (nSPS) is 17.1. The van der Waals surface area contributed by atoms with Gasteiger partial charge in [-0.25, -0.2) is 8.42 Å². The molecular weight excluding hydrogens is 334 g/mol. The van der Waals surface area contributed by atoms with E-state index in [9.17, 15) is 18.0 Å². The van der Waals surface area contributed by atoms with Gasteiger partial charge in [0.2, 0.25) is 10.0 Å². The van der Waals surface area contributed by atoms with Gasteiger partial charge in [-0.2, -0.15) is 4.31 Å². The Morgan fingerprint density at radius 2 is 1.74 bits per heavy atom. The van der Waals surface area contributed by atoms with Gasteiger partial charge in [0, 0.05) is 25.6 Å². The highest BCUT2D eigenvalue weighted by molar-refractivity contribution is 8.14. The van der Waals surface area contributed by atoms with Crippen LogP contribution in [0.1, 0.15) is 37.0 Å². The van der Waals surface area contributed by atoms with Crippen molar-refractivity contribution < 1.29 is 18.0 Å². The molecule has 1 saturated heterocycles. The minimum absolute atomic E-state index is 0.0748. The summed E-state index contributed by atoms with van der Waals surface area (Å²) in [6, 6.07) is 5.98.